The fourth-order valence-electron chi connectivity index (χ4n) is 3.19. The van der Waals surface area contributed by atoms with Crippen LogP contribution in [0.4, 0.5) is 11.6 Å². The van der Waals surface area contributed by atoms with Crippen LogP contribution in [0.3, 0.4) is 0 Å². The highest BCUT2D eigenvalue weighted by Gasteiger charge is 2.20. The SMILES string of the molecule is C/C=C(/CC(O)N(C=O)Cc1cnc(C)nc1N)SS/C(=C/C)CC(O)N(C=O)Cc1cnc(C)nc1N. The molecule has 0 saturated carbocycles. The molecule has 12 nitrogen and oxygen atoms in total. The first-order valence-electron chi connectivity index (χ1n) is 11.7. The Bertz CT molecular complexity index is 1070. The highest BCUT2D eigenvalue weighted by Crippen LogP contribution is 2.40. The standard InChI is InChI=1S/C24H34N8O4S2/c1-5-19(7-21(35)31(13-33)11-17-9-27-15(3)29-23(17)25)37-38-20(6-2)8-22(36)32(14-34)12-18-10-28-16(4)30-24(18)26/h5-6,9-10,13-14,21-22,35-36H,7-8,11-12H2,1-4H3,(H2,25,27,29)(H2,26,28,30)/b19-5-,20-6+. The van der Waals surface area contributed by atoms with E-state index in [0.717, 1.165) is 9.81 Å². The minimum Gasteiger partial charge on any atom is -0.383 e. The van der Waals surface area contributed by atoms with Crippen LogP contribution in [-0.2, 0) is 22.7 Å². The van der Waals surface area contributed by atoms with Gasteiger partial charge in [0.05, 0.1) is 13.1 Å². The van der Waals surface area contributed by atoms with Crippen LogP contribution in [0.1, 0.15) is 49.5 Å². The van der Waals surface area contributed by atoms with E-state index < -0.39 is 12.5 Å². The minimum absolute atomic E-state index is 0.0654. The Hall–Kier alpha value is -3.20. The van der Waals surface area contributed by atoms with Gasteiger partial charge in [-0.1, -0.05) is 33.7 Å². The molecule has 0 saturated heterocycles. The molecule has 2 aromatic rings. The van der Waals surface area contributed by atoms with Gasteiger partial charge in [0, 0.05) is 36.4 Å². The predicted molar refractivity (Wildman–Crippen MR) is 150 cm³/mol. The van der Waals surface area contributed by atoms with Crippen LogP contribution >= 0.6 is 21.6 Å². The van der Waals surface area contributed by atoms with Crippen molar-refractivity contribution in [3.05, 3.63) is 57.1 Å². The quantitative estimate of drug-likeness (QED) is 0.141. The summed E-state index contributed by atoms with van der Waals surface area (Å²) in [5, 5.41) is 21.4. The van der Waals surface area contributed by atoms with Crippen LogP contribution in [0, 0.1) is 13.8 Å². The lowest BCUT2D eigenvalue weighted by Crippen LogP contribution is -2.34. The number of aromatic nitrogens is 4. The molecule has 206 valence electrons. The van der Waals surface area contributed by atoms with E-state index in [1.807, 2.05) is 26.0 Å². The molecule has 0 bridgehead atoms. The summed E-state index contributed by atoms with van der Waals surface area (Å²) in [5.74, 6) is 1.55. The molecule has 0 aliphatic rings. The number of rotatable bonds is 15. The third kappa shape index (κ3) is 9.28. The van der Waals surface area contributed by atoms with Gasteiger partial charge in [0.2, 0.25) is 12.8 Å². The van der Waals surface area contributed by atoms with Crippen molar-refractivity contribution in [1.29, 1.82) is 0 Å². The first-order valence-corrected chi connectivity index (χ1v) is 13.9. The number of aryl methyl sites for hydroxylation is 2. The van der Waals surface area contributed by atoms with Crippen LogP contribution in [-0.4, -0.2) is 65.2 Å². The third-order valence-corrected chi connectivity index (χ3v) is 8.30. The molecular weight excluding hydrogens is 528 g/mol. The zero-order valence-electron chi connectivity index (χ0n) is 21.8. The lowest BCUT2D eigenvalue weighted by molar-refractivity contribution is -0.129. The van der Waals surface area contributed by atoms with Crippen LogP contribution in [0.25, 0.3) is 0 Å². The van der Waals surface area contributed by atoms with E-state index in [-0.39, 0.29) is 37.6 Å². The maximum absolute atomic E-state index is 11.7. The van der Waals surface area contributed by atoms with Gasteiger partial charge in [-0.05, 0) is 37.5 Å². The summed E-state index contributed by atoms with van der Waals surface area (Å²) >= 11 is 0. The molecule has 0 spiro atoms. The van der Waals surface area contributed by atoms with Gasteiger partial charge >= 0.3 is 0 Å². The van der Waals surface area contributed by atoms with E-state index in [4.69, 9.17) is 11.5 Å². The Morgan fingerprint density at radius 3 is 1.50 bits per heavy atom. The van der Waals surface area contributed by atoms with Crippen molar-refractivity contribution in [3.8, 4) is 0 Å². The summed E-state index contributed by atoms with van der Waals surface area (Å²) in [6, 6.07) is 0. The first kappa shape index (κ1) is 31.0. The summed E-state index contributed by atoms with van der Waals surface area (Å²) < 4.78 is 0. The Morgan fingerprint density at radius 2 is 1.21 bits per heavy atom. The number of carbonyl (C=O) groups excluding carboxylic acids is 2. The Labute approximate surface area is 230 Å². The molecule has 2 heterocycles. The number of hydrogen-bond donors (Lipinski definition) is 4. The van der Waals surface area contributed by atoms with Gasteiger partial charge in [-0.2, -0.15) is 0 Å². The molecule has 0 aliphatic heterocycles. The second kappa shape index (κ2) is 15.3. The van der Waals surface area contributed by atoms with Gasteiger partial charge in [0.25, 0.3) is 0 Å². The van der Waals surface area contributed by atoms with E-state index in [2.05, 4.69) is 19.9 Å². The number of nitrogen functional groups attached to an aromatic ring is 2. The van der Waals surface area contributed by atoms with E-state index >= 15 is 0 Å². The molecule has 0 radical (unpaired) electrons. The Balaban J connectivity index is 1.95. The number of hydrogen-bond acceptors (Lipinski definition) is 12. The number of aliphatic hydroxyl groups excluding tert-OH is 2. The number of nitrogens with zero attached hydrogens (tertiary/aromatic N) is 6. The van der Waals surface area contributed by atoms with Crippen molar-refractivity contribution in [2.24, 2.45) is 0 Å². The van der Waals surface area contributed by atoms with Gasteiger partial charge in [0.15, 0.2) is 0 Å². The first-order chi connectivity index (χ1) is 18.1. The van der Waals surface area contributed by atoms with Crippen molar-refractivity contribution in [2.45, 2.75) is 66.1 Å². The molecule has 2 rings (SSSR count). The van der Waals surface area contributed by atoms with E-state index in [1.165, 1.54) is 43.8 Å². The van der Waals surface area contributed by atoms with E-state index in [1.54, 1.807) is 13.8 Å². The summed E-state index contributed by atoms with van der Waals surface area (Å²) in [4.78, 5) is 43.8. The molecule has 0 fully saturated rings. The summed E-state index contributed by atoms with van der Waals surface area (Å²) in [6.45, 7) is 7.22. The molecule has 14 heteroatoms. The predicted octanol–water partition coefficient (Wildman–Crippen LogP) is 2.27. The molecular formula is C24H34N8O4S2. The van der Waals surface area contributed by atoms with Gasteiger partial charge in [0.1, 0.15) is 35.7 Å². The molecule has 2 amide bonds. The highest BCUT2D eigenvalue weighted by molar-refractivity contribution is 8.79. The highest BCUT2D eigenvalue weighted by atomic mass is 33.1. The van der Waals surface area contributed by atoms with Crippen molar-refractivity contribution in [2.75, 3.05) is 11.5 Å². The van der Waals surface area contributed by atoms with Gasteiger partial charge in [-0.25, -0.2) is 19.9 Å². The lowest BCUT2D eigenvalue weighted by atomic mass is 10.2. The average molecular weight is 563 g/mol. The largest absolute Gasteiger partial charge is 0.383 e. The normalized spacial score (nSPS) is 13.6. The molecule has 0 aromatic carbocycles. The van der Waals surface area contributed by atoms with E-state index in [9.17, 15) is 19.8 Å². The lowest BCUT2D eigenvalue weighted by Gasteiger charge is -2.26. The average Bonchev–Trinajstić information content (AvgIpc) is 2.89. The number of nitrogens with two attached hydrogens (primary N) is 2. The van der Waals surface area contributed by atoms with Crippen molar-refractivity contribution >= 4 is 46.0 Å². The second-order valence-electron chi connectivity index (χ2n) is 8.26. The fourth-order valence-corrected chi connectivity index (χ4v) is 5.66. The maximum atomic E-state index is 11.7. The maximum Gasteiger partial charge on any atom is 0.212 e. The van der Waals surface area contributed by atoms with Crippen LogP contribution in [0.15, 0.2) is 34.4 Å². The van der Waals surface area contributed by atoms with Gasteiger partial charge in [-0.3, -0.25) is 9.59 Å². The number of carbonyl (C=O) groups is 2. The van der Waals surface area contributed by atoms with Crippen LogP contribution in [0.5, 0.6) is 0 Å². The Morgan fingerprint density at radius 1 is 0.842 bits per heavy atom. The summed E-state index contributed by atoms with van der Waals surface area (Å²) in [6.07, 6.45) is 6.05. The molecule has 2 aromatic heterocycles. The summed E-state index contributed by atoms with van der Waals surface area (Å²) in [7, 11) is 2.78. The molecule has 6 N–H and O–H groups in total. The zero-order valence-corrected chi connectivity index (χ0v) is 23.4. The minimum atomic E-state index is -1.10. The number of allylic oxidation sites excluding steroid dienone is 2. The van der Waals surface area contributed by atoms with Gasteiger partial charge < -0.3 is 31.5 Å². The zero-order chi connectivity index (χ0) is 28.2. The van der Waals surface area contributed by atoms with Crippen molar-refractivity contribution in [1.82, 2.24) is 29.7 Å². The molecule has 2 unspecified atom stereocenters. The summed E-state index contributed by atoms with van der Waals surface area (Å²) in [5.41, 5.74) is 12.9. The number of aliphatic hydroxyl groups is 2. The topological polar surface area (TPSA) is 185 Å². The molecule has 2 atom stereocenters. The number of anilines is 2. The Kier molecular flexibility index (Phi) is 12.5. The van der Waals surface area contributed by atoms with Crippen molar-refractivity contribution in [3.63, 3.8) is 0 Å². The van der Waals surface area contributed by atoms with Crippen LogP contribution in [0.2, 0.25) is 0 Å². The molecule has 0 aliphatic carbocycles. The van der Waals surface area contributed by atoms with Crippen LogP contribution < -0.4 is 11.5 Å². The smallest absolute Gasteiger partial charge is 0.212 e. The number of amides is 2. The van der Waals surface area contributed by atoms with Crippen molar-refractivity contribution < 1.29 is 19.8 Å². The molecule has 38 heavy (non-hydrogen) atoms. The third-order valence-electron chi connectivity index (χ3n) is 5.45. The van der Waals surface area contributed by atoms with Gasteiger partial charge in [-0.15, -0.1) is 0 Å². The monoisotopic (exact) mass is 562 g/mol. The fraction of sp³-hybridized carbons (Fsp3) is 0.417. The van der Waals surface area contributed by atoms with E-state index in [0.29, 0.717) is 35.6 Å². The second-order valence-corrected chi connectivity index (χ2v) is 10.6.